The molecule has 0 atom stereocenters. The fraction of sp³-hybridized carbons (Fsp3) is 0.294. The molecule has 0 aliphatic heterocycles. The van der Waals surface area contributed by atoms with Gasteiger partial charge in [-0.05, 0) is 50.6 Å². The first-order valence-corrected chi connectivity index (χ1v) is 7.90. The van der Waals surface area contributed by atoms with Gasteiger partial charge >= 0.3 is 0 Å². The third-order valence-corrected chi connectivity index (χ3v) is 4.16. The third-order valence-electron chi connectivity index (χ3n) is 2.81. The van der Waals surface area contributed by atoms with Crippen LogP contribution in [0.5, 0.6) is 0 Å². The van der Waals surface area contributed by atoms with E-state index in [0.29, 0.717) is 0 Å². The molecule has 0 aromatic heterocycles. The van der Waals surface area contributed by atoms with E-state index in [2.05, 4.69) is 50.4 Å². The third kappa shape index (κ3) is 4.86. The topological polar surface area (TPSA) is 12.0 Å². The van der Waals surface area contributed by atoms with Gasteiger partial charge in [0.2, 0.25) is 0 Å². The minimum absolute atomic E-state index is 0.0980. The van der Waals surface area contributed by atoms with E-state index in [1.54, 1.807) is 11.8 Å². The Bertz CT molecular complexity index is 561. The van der Waals surface area contributed by atoms with Gasteiger partial charge in [0, 0.05) is 26.9 Å². The van der Waals surface area contributed by atoms with Crippen molar-refractivity contribution in [2.75, 3.05) is 0 Å². The van der Waals surface area contributed by atoms with Crippen molar-refractivity contribution < 1.29 is 0 Å². The first kappa shape index (κ1) is 15.4. The Labute approximate surface area is 130 Å². The van der Waals surface area contributed by atoms with E-state index in [0.717, 1.165) is 17.1 Å². The minimum atomic E-state index is 0.0980. The number of halogens is 1. The number of benzene rings is 2. The zero-order valence-electron chi connectivity index (χ0n) is 12.1. The maximum absolute atomic E-state index is 6.37. The van der Waals surface area contributed by atoms with Crippen LogP contribution >= 0.6 is 23.4 Å². The lowest BCUT2D eigenvalue weighted by molar-refractivity contribution is 0.424. The van der Waals surface area contributed by atoms with E-state index in [4.69, 9.17) is 11.6 Å². The summed E-state index contributed by atoms with van der Waals surface area (Å²) in [6.45, 7) is 7.25. The highest BCUT2D eigenvalue weighted by molar-refractivity contribution is 7.99. The zero-order chi connectivity index (χ0) is 14.6. The van der Waals surface area contributed by atoms with Gasteiger partial charge in [0.15, 0.2) is 0 Å². The van der Waals surface area contributed by atoms with Crippen LogP contribution in [0.2, 0.25) is 5.02 Å². The first-order valence-electron chi connectivity index (χ1n) is 6.70. The van der Waals surface area contributed by atoms with Crippen molar-refractivity contribution in [2.45, 2.75) is 42.6 Å². The largest absolute Gasteiger partial charge is 0.308 e. The van der Waals surface area contributed by atoms with E-state index < -0.39 is 0 Å². The van der Waals surface area contributed by atoms with Gasteiger partial charge in [0.1, 0.15) is 0 Å². The highest BCUT2D eigenvalue weighted by atomic mass is 35.5. The number of hydrogen-bond acceptors (Lipinski definition) is 2. The number of hydrogen-bond donors (Lipinski definition) is 1. The van der Waals surface area contributed by atoms with Crippen LogP contribution in [0.15, 0.2) is 58.3 Å². The molecule has 0 unspecified atom stereocenters. The molecule has 1 N–H and O–H groups in total. The summed E-state index contributed by atoms with van der Waals surface area (Å²) in [5, 5.41) is 4.28. The van der Waals surface area contributed by atoms with Gasteiger partial charge in [0.25, 0.3) is 0 Å². The summed E-state index contributed by atoms with van der Waals surface area (Å²) in [6.07, 6.45) is 0. The molecule has 20 heavy (non-hydrogen) atoms. The minimum Gasteiger partial charge on any atom is -0.308 e. The fourth-order valence-corrected chi connectivity index (χ4v) is 2.91. The van der Waals surface area contributed by atoms with Crippen LogP contribution in [0.25, 0.3) is 0 Å². The lowest BCUT2D eigenvalue weighted by atomic mass is 10.1. The van der Waals surface area contributed by atoms with Gasteiger partial charge in [-0.3, -0.25) is 0 Å². The molecule has 0 saturated heterocycles. The standard InChI is InChI=1S/C17H20ClNS/c1-17(2,3)19-12-13-9-10-15(11-16(13)18)20-14-7-5-4-6-8-14/h4-11,19H,12H2,1-3H3. The average molecular weight is 306 g/mol. The lowest BCUT2D eigenvalue weighted by Gasteiger charge is -2.21. The summed E-state index contributed by atoms with van der Waals surface area (Å²) in [5.74, 6) is 0. The molecule has 0 aliphatic carbocycles. The van der Waals surface area contributed by atoms with Crippen molar-refractivity contribution in [2.24, 2.45) is 0 Å². The molecule has 0 spiro atoms. The van der Waals surface area contributed by atoms with Crippen LogP contribution in [-0.2, 0) is 6.54 Å². The summed E-state index contributed by atoms with van der Waals surface area (Å²) >= 11 is 8.10. The van der Waals surface area contributed by atoms with Crippen LogP contribution in [0.3, 0.4) is 0 Å². The van der Waals surface area contributed by atoms with Crippen LogP contribution in [-0.4, -0.2) is 5.54 Å². The molecule has 1 nitrogen and oxygen atoms in total. The van der Waals surface area contributed by atoms with Gasteiger partial charge in [-0.25, -0.2) is 0 Å². The Morgan fingerprint density at radius 3 is 2.30 bits per heavy atom. The van der Waals surface area contributed by atoms with Gasteiger partial charge in [-0.15, -0.1) is 0 Å². The summed E-state index contributed by atoms with van der Waals surface area (Å²) in [7, 11) is 0. The molecule has 106 valence electrons. The predicted molar refractivity (Wildman–Crippen MR) is 88.6 cm³/mol. The molecule has 2 rings (SSSR count). The molecule has 0 aliphatic rings. The normalized spacial score (nSPS) is 11.6. The second-order valence-corrected chi connectivity index (χ2v) is 7.33. The SMILES string of the molecule is CC(C)(C)NCc1ccc(Sc2ccccc2)cc1Cl. The second-order valence-electron chi connectivity index (χ2n) is 5.77. The van der Waals surface area contributed by atoms with E-state index >= 15 is 0 Å². The fourth-order valence-electron chi connectivity index (χ4n) is 1.72. The molecule has 0 fully saturated rings. The Morgan fingerprint density at radius 1 is 1.00 bits per heavy atom. The Kier molecular flexibility index (Phi) is 5.14. The quantitative estimate of drug-likeness (QED) is 0.814. The van der Waals surface area contributed by atoms with E-state index in [1.165, 1.54) is 9.79 Å². The van der Waals surface area contributed by atoms with Gasteiger partial charge < -0.3 is 5.32 Å². The number of rotatable bonds is 4. The smallest absolute Gasteiger partial charge is 0.0462 e. The van der Waals surface area contributed by atoms with Crippen LogP contribution < -0.4 is 5.32 Å². The van der Waals surface area contributed by atoms with E-state index in [-0.39, 0.29) is 5.54 Å². The maximum Gasteiger partial charge on any atom is 0.0462 e. The second kappa shape index (κ2) is 6.66. The van der Waals surface area contributed by atoms with Gasteiger partial charge in [0.05, 0.1) is 0 Å². The summed E-state index contributed by atoms with van der Waals surface area (Å²) < 4.78 is 0. The highest BCUT2D eigenvalue weighted by Crippen LogP contribution is 2.30. The molecule has 0 amide bonds. The first-order chi connectivity index (χ1) is 9.44. The molecule has 0 saturated carbocycles. The molecule has 0 radical (unpaired) electrons. The van der Waals surface area contributed by atoms with Crippen LogP contribution in [0.1, 0.15) is 26.3 Å². The molecule has 0 bridgehead atoms. The Hall–Kier alpha value is -0.960. The van der Waals surface area contributed by atoms with E-state index in [1.807, 2.05) is 24.3 Å². The Morgan fingerprint density at radius 2 is 1.70 bits per heavy atom. The maximum atomic E-state index is 6.37. The molecule has 3 heteroatoms. The van der Waals surface area contributed by atoms with E-state index in [9.17, 15) is 0 Å². The van der Waals surface area contributed by atoms with Crippen molar-refractivity contribution in [3.05, 3.63) is 59.1 Å². The molecule has 2 aromatic rings. The van der Waals surface area contributed by atoms with Crippen molar-refractivity contribution in [1.29, 1.82) is 0 Å². The Balaban J connectivity index is 2.06. The van der Waals surface area contributed by atoms with Gasteiger partial charge in [-0.1, -0.05) is 47.6 Å². The molecular formula is C17H20ClNS. The van der Waals surface area contributed by atoms with Crippen molar-refractivity contribution in [1.82, 2.24) is 5.32 Å². The molecule has 0 heterocycles. The zero-order valence-corrected chi connectivity index (χ0v) is 13.7. The average Bonchev–Trinajstić information content (AvgIpc) is 2.38. The molecular weight excluding hydrogens is 286 g/mol. The monoisotopic (exact) mass is 305 g/mol. The van der Waals surface area contributed by atoms with Gasteiger partial charge in [-0.2, -0.15) is 0 Å². The summed E-state index contributed by atoms with van der Waals surface area (Å²) in [4.78, 5) is 2.39. The van der Waals surface area contributed by atoms with Crippen molar-refractivity contribution >= 4 is 23.4 Å². The van der Waals surface area contributed by atoms with Crippen LogP contribution in [0.4, 0.5) is 0 Å². The predicted octanol–water partition coefficient (Wildman–Crippen LogP) is 5.38. The molecule has 2 aromatic carbocycles. The van der Waals surface area contributed by atoms with Crippen molar-refractivity contribution in [3.8, 4) is 0 Å². The summed E-state index contributed by atoms with van der Waals surface area (Å²) in [6, 6.07) is 16.6. The lowest BCUT2D eigenvalue weighted by Crippen LogP contribution is -2.35. The number of nitrogens with one attached hydrogen (secondary N) is 1. The van der Waals surface area contributed by atoms with Crippen molar-refractivity contribution in [3.63, 3.8) is 0 Å². The van der Waals surface area contributed by atoms with Crippen LogP contribution in [0, 0.1) is 0 Å². The highest BCUT2D eigenvalue weighted by Gasteiger charge is 2.10. The summed E-state index contributed by atoms with van der Waals surface area (Å²) in [5.41, 5.74) is 1.24.